The number of Topliss-reactive ketones (excluding diaryl/α,β-unsaturated/α-hetero) is 1. The Bertz CT molecular complexity index is 416. The molecule has 1 rings (SSSR count). The van der Waals surface area contributed by atoms with Gasteiger partial charge in [-0.05, 0) is 24.2 Å². The number of aliphatic hydroxyl groups excluding tert-OH is 1. The molecule has 0 saturated carbocycles. The van der Waals surface area contributed by atoms with E-state index in [-0.39, 0.29) is 16.9 Å². The maximum atomic E-state index is 11.9. The summed E-state index contributed by atoms with van der Waals surface area (Å²) in [5, 5.41) is 10.5. The molecule has 0 aliphatic heterocycles. The maximum Gasteiger partial charge on any atom is 0.192 e. The van der Waals surface area contributed by atoms with E-state index >= 15 is 0 Å². The van der Waals surface area contributed by atoms with Crippen LogP contribution in [0, 0.1) is 5.41 Å². The third kappa shape index (κ3) is 3.07. The Morgan fingerprint density at radius 1 is 1.40 bits per heavy atom. The molecule has 0 radical (unpaired) electrons. The molecule has 1 aliphatic rings. The molecular weight excluding hydrogens is 268 g/mol. The van der Waals surface area contributed by atoms with Crippen molar-refractivity contribution in [3.8, 4) is 0 Å². The minimum absolute atomic E-state index is 0.0203. The topological polar surface area (TPSA) is 46.5 Å². The second-order valence-electron chi connectivity index (χ2n) is 7.92. The van der Waals surface area contributed by atoms with Gasteiger partial charge in [0.05, 0.1) is 12.2 Å². The predicted molar refractivity (Wildman–Crippen MR) is 85.2 cm³/mol. The first-order valence-corrected chi connectivity index (χ1v) is 10.4. The van der Waals surface area contributed by atoms with Gasteiger partial charge in [0.15, 0.2) is 14.1 Å². The van der Waals surface area contributed by atoms with E-state index in [0.717, 1.165) is 0 Å². The summed E-state index contributed by atoms with van der Waals surface area (Å²) in [5.74, 6) is 0.0203. The van der Waals surface area contributed by atoms with Crippen molar-refractivity contribution in [2.75, 3.05) is 0 Å². The summed E-state index contributed by atoms with van der Waals surface area (Å²) in [7, 11) is -1.93. The van der Waals surface area contributed by atoms with Gasteiger partial charge in [-0.1, -0.05) is 41.5 Å². The van der Waals surface area contributed by atoms with Crippen LogP contribution in [0.1, 0.15) is 48.0 Å². The van der Waals surface area contributed by atoms with Crippen molar-refractivity contribution in [1.29, 1.82) is 0 Å². The first-order chi connectivity index (χ1) is 8.84. The normalized spacial score (nSPS) is 26.6. The Labute approximate surface area is 124 Å². The molecule has 0 heterocycles. The SMILES string of the molecule is CCC(=O)C1=C[C@H](O[Si](C)(C)C(C)(C)C)C(C)(C)[C@H]1O. The fraction of sp³-hybridized carbons (Fsp3) is 0.812. The van der Waals surface area contributed by atoms with Crippen LogP contribution in [0.15, 0.2) is 11.6 Å². The van der Waals surface area contributed by atoms with E-state index in [1.165, 1.54) is 0 Å². The lowest BCUT2D eigenvalue weighted by molar-refractivity contribution is -0.116. The van der Waals surface area contributed by atoms with Crippen LogP contribution in [0.25, 0.3) is 0 Å². The molecule has 0 unspecified atom stereocenters. The quantitative estimate of drug-likeness (QED) is 0.805. The number of hydrogen-bond donors (Lipinski definition) is 1. The number of carbonyl (C=O) groups is 1. The molecule has 2 atom stereocenters. The summed E-state index contributed by atoms with van der Waals surface area (Å²) in [6, 6.07) is 0. The van der Waals surface area contributed by atoms with Gasteiger partial charge >= 0.3 is 0 Å². The zero-order valence-electron chi connectivity index (χ0n) is 14.2. The number of aliphatic hydroxyl groups is 1. The molecule has 3 nitrogen and oxygen atoms in total. The van der Waals surface area contributed by atoms with Gasteiger partial charge in [0.2, 0.25) is 0 Å². The van der Waals surface area contributed by atoms with Crippen LogP contribution < -0.4 is 0 Å². The van der Waals surface area contributed by atoms with Crippen LogP contribution in [0.4, 0.5) is 0 Å². The molecule has 116 valence electrons. The third-order valence-corrected chi connectivity index (χ3v) is 9.39. The van der Waals surface area contributed by atoms with Gasteiger partial charge in [0.25, 0.3) is 0 Å². The zero-order valence-corrected chi connectivity index (χ0v) is 15.2. The molecule has 0 amide bonds. The average Bonchev–Trinajstić information content (AvgIpc) is 2.50. The van der Waals surface area contributed by atoms with Crippen LogP contribution in [0.3, 0.4) is 0 Å². The summed E-state index contributed by atoms with van der Waals surface area (Å²) >= 11 is 0. The first kappa shape index (κ1) is 17.6. The number of rotatable bonds is 4. The fourth-order valence-electron chi connectivity index (χ4n) is 2.16. The molecule has 1 aliphatic carbocycles. The van der Waals surface area contributed by atoms with Crippen LogP contribution in [0.5, 0.6) is 0 Å². The molecule has 4 heteroatoms. The molecule has 1 N–H and O–H groups in total. The van der Waals surface area contributed by atoms with Gasteiger partial charge in [0.1, 0.15) is 0 Å². The van der Waals surface area contributed by atoms with Crippen molar-refractivity contribution >= 4 is 14.1 Å². The van der Waals surface area contributed by atoms with Gasteiger partial charge in [-0.25, -0.2) is 0 Å². The molecule has 0 fully saturated rings. The molecule has 0 aromatic heterocycles. The summed E-state index contributed by atoms with van der Waals surface area (Å²) in [4.78, 5) is 11.9. The lowest BCUT2D eigenvalue weighted by Crippen LogP contribution is -2.48. The van der Waals surface area contributed by atoms with Gasteiger partial charge < -0.3 is 9.53 Å². The number of hydrogen-bond acceptors (Lipinski definition) is 3. The molecule has 0 aromatic carbocycles. The summed E-state index contributed by atoms with van der Waals surface area (Å²) in [6.45, 7) is 16.7. The van der Waals surface area contributed by atoms with Crippen molar-refractivity contribution in [3.05, 3.63) is 11.6 Å². The monoisotopic (exact) mass is 298 g/mol. The Morgan fingerprint density at radius 2 is 1.90 bits per heavy atom. The highest BCUT2D eigenvalue weighted by Gasteiger charge is 2.49. The van der Waals surface area contributed by atoms with E-state index in [2.05, 4.69) is 33.9 Å². The standard InChI is InChI=1S/C16H30O3Si/c1-9-12(17)11-10-13(16(5,6)14(11)18)19-20(7,8)15(2,3)4/h10,13-14,18H,9H2,1-8H3/t13-,14-/m0/s1. The Hall–Kier alpha value is -0.453. The van der Waals surface area contributed by atoms with E-state index in [1.807, 2.05) is 26.8 Å². The Kier molecular flexibility index (Phi) is 4.74. The van der Waals surface area contributed by atoms with Crippen LogP contribution >= 0.6 is 0 Å². The number of carbonyl (C=O) groups excluding carboxylic acids is 1. The molecule has 0 aromatic rings. The third-order valence-electron chi connectivity index (χ3n) is 4.93. The highest BCUT2D eigenvalue weighted by Crippen LogP contribution is 2.45. The molecule has 0 bridgehead atoms. The van der Waals surface area contributed by atoms with Crippen molar-refractivity contribution in [2.45, 2.75) is 78.3 Å². The molecule has 0 spiro atoms. The molecule has 0 saturated heterocycles. The van der Waals surface area contributed by atoms with Gasteiger partial charge in [0, 0.05) is 17.4 Å². The van der Waals surface area contributed by atoms with Crippen molar-refractivity contribution < 1.29 is 14.3 Å². The van der Waals surface area contributed by atoms with Crippen molar-refractivity contribution in [2.24, 2.45) is 5.41 Å². The highest BCUT2D eigenvalue weighted by atomic mass is 28.4. The Balaban J connectivity index is 3.06. The lowest BCUT2D eigenvalue weighted by Gasteiger charge is -2.42. The predicted octanol–water partition coefficient (Wildman–Crippen LogP) is 3.68. The molecule has 20 heavy (non-hydrogen) atoms. The van der Waals surface area contributed by atoms with Crippen LogP contribution in [-0.2, 0) is 9.22 Å². The zero-order chi connectivity index (χ0) is 15.9. The van der Waals surface area contributed by atoms with Crippen molar-refractivity contribution in [3.63, 3.8) is 0 Å². The van der Waals surface area contributed by atoms with E-state index in [0.29, 0.717) is 12.0 Å². The number of ketones is 1. The van der Waals surface area contributed by atoms with Crippen LogP contribution in [-0.4, -0.2) is 31.4 Å². The summed E-state index contributed by atoms with van der Waals surface area (Å²) in [5.41, 5.74) is 0.0802. The second-order valence-corrected chi connectivity index (χ2v) is 12.7. The lowest BCUT2D eigenvalue weighted by atomic mass is 9.84. The van der Waals surface area contributed by atoms with Gasteiger partial charge in [-0.15, -0.1) is 0 Å². The first-order valence-electron chi connectivity index (χ1n) is 7.45. The van der Waals surface area contributed by atoms with Gasteiger partial charge in [-0.2, -0.15) is 0 Å². The minimum Gasteiger partial charge on any atom is -0.410 e. The average molecular weight is 298 g/mol. The Morgan fingerprint density at radius 3 is 2.30 bits per heavy atom. The summed E-state index contributed by atoms with van der Waals surface area (Å²) in [6.07, 6.45) is 1.36. The molecular formula is C16H30O3Si. The van der Waals surface area contributed by atoms with E-state index in [1.54, 1.807) is 0 Å². The van der Waals surface area contributed by atoms with E-state index in [9.17, 15) is 9.90 Å². The van der Waals surface area contributed by atoms with E-state index < -0.39 is 19.8 Å². The van der Waals surface area contributed by atoms with Crippen LogP contribution in [0.2, 0.25) is 18.1 Å². The van der Waals surface area contributed by atoms with E-state index in [4.69, 9.17) is 4.43 Å². The largest absolute Gasteiger partial charge is 0.410 e. The fourth-order valence-corrected chi connectivity index (χ4v) is 3.52. The summed E-state index contributed by atoms with van der Waals surface area (Å²) < 4.78 is 6.42. The minimum atomic E-state index is -1.93. The smallest absolute Gasteiger partial charge is 0.192 e. The van der Waals surface area contributed by atoms with Crippen molar-refractivity contribution in [1.82, 2.24) is 0 Å². The highest BCUT2D eigenvalue weighted by molar-refractivity contribution is 6.74. The maximum absolute atomic E-state index is 11.9. The van der Waals surface area contributed by atoms with Gasteiger partial charge in [-0.3, -0.25) is 4.79 Å². The second kappa shape index (κ2) is 5.39.